The number of amides is 1. The minimum atomic E-state index is -0.338. The predicted molar refractivity (Wildman–Crippen MR) is 107 cm³/mol. The van der Waals surface area contributed by atoms with E-state index in [1.807, 2.05) is 0 Å². The van der Waals surface area contributed by atoms with Crippen LogP contribution in [0.4, 0.5) is 5.69 Å². The van der Waals surface area contributed by atoms with Gasteiger partial charge in [-0.15, -0.1) is 11.3 Å². The molecule has 6 nitrogen and oxygen atoms in total. The number of hydrogen-bond acceptors (Lipinski definition) is 5. The van der Waals surface area contributed by atoms with Gasteiger partial charge in [0.05, 0.1) is 27.8 Å². The highest BCUT2D eigenvalue weighted by Gasteiger charge is 2.20. The molecule has 0 saturated heterocycles. The summed E-state index contributed by atoms with van der Waals surface area (Å²) < 4.78 is 1.62. The van der Waals surface area contributed by atoms with Crippen LogP contribution in [0, 0.1) is 18.3 Å². The van der Waals surface area contributed by atoms with Gasteiger partial charge in [0.25, 0.3) is 11.5 Å². The van der Waals surface area contributed by atoms with Crippen LogP contribution in [0.15, 0.2) is 35.4 Å². The van der Waals surface area contributed by atoms with Crippen LogP contribution in [-0.4, -0.2) is 15.5 Å². The molecule has 0 spiro atoms. The van der Waals surface area contributed by atoms with Crippen molar-refractivity contribution >= 4 is 33.1 Å². The second-order valence-electron chi connectivity index (χ2n) is 6.30. The smallest absolute Gasteiger partial charge is 0.266 e. The van der Waals surface area contributed by atoms with Crippen molar-refractivity contribution < 1.29 is 4.79 Å². The van der Waals surface area contributed by atoms with E-state index < -0.39 is 0 Å². The van der Waals surface area contributed by atoms with Gasteiger partial charge in [0, 0.05) is 6.54 Å². The van der Waals surface area contributed by atoms with E-state index >= 15 is 0 Å². The Hall–Kier alpha value is -2.98. The molecule has 2 aromatic heterocycles. The number of hydrogen-bond donors (Lipinski definition) is 1. The van der Waals surface area contributed by atoms with E-state index in [0.29, 0.717) is 38.5 Å². The van der Waals surface area contributed by atoms with E-state index in [-0.39, 0.29) is 11.5 Å². The summed E-state index contributed by atoms with van der Waals surface area (Å²) in [5.74, 6) is -0.338. The number of aromatic nitrogens is 2. The molecule has 2 heterocycles. The molecular formula is C20H20N4O2S. The van der Waals surface area contributed by atoms with E-state index in [1.165, 1.54) is 11.3 Å². The van der Waals surface area contributed by atoms with Crippen LogP contribution in [-0.2, 0) is 6.54 Å². The van der Waals surface area contributed by atoms with Gasteiger partial charge in [-0.25, -0.2) is 4.98 Å². The summed E-state index contributed by atoms with van der Waals surface area (Å²) in [6.07, 6.45) is 4.61. The van der Waals surface area contributed by atoms with Crippen LogP contribution in [0.25, 0.3) is 10.2 Å². The lowest BCUT2D eigenvalue weighted by Crippen LogP contribution is -2.20. The van der Waals surface area contributed by atoms with Gasteiger partial charge in [-0.05, 0) is 31.0 Å². The molecule has 0 unspecified atom stereocenters. The number of nitrogens with one attached hydrogen (secondary N) is 1. The summed E-state index contributed by atoms with van der Waals surface area (Å²) in [7, 11) is 0. The van der Waals surface area contributed by atoms with Crippen molar-refractivity contribution in [2.24, 2.45) is 0 Å². The molecule has 3 aromatic rings. The lowest BCUT2D eigenvalue weighted by atomic mass is 10.1. The Kier molecular flexibility index (Phi) is 5.67. The highest BCUT2D eigenvalue weighted by atomic mass is 32.1. The fourth-order valence-electron chi connectivity index (χ4n) is 2.94. The first-order valence-electron chi connectivity index (χ1n) is 8.85. The van der Waals surface area contributed by atoms with Gasteiger partial charge in [-0.2, -0.15) is 5.26 Å². The summed E-state index contributed by atoms with van der Waals surface area (Å²) >= 11 is 1.20. The molecule has 7 heteroatoms. The maximum Gasteiger partial charge on any atom is 0.266 e. The summed E-state index contributed by atoms with van der Waals surface area (Å²) in [6.45, 7) is 4.51. The number of carbonyl (C=O) groups excluding carboxylic acids is 1. The van der Waals surface area contributed by atoms with Gasteiger partial charge in [0.1, 0.15) is 10.9 Å². The van der Waals surface area contributed by atoms with Crippen molar-refractivity contribution in [3.63, 3.8) is 0 Å². The van der Waals surface area contributed by atoms with Gasteiger partial charge in [-0.3, -0.25) is 14.2 Å². The van der Waals surface area contributed by atoms with Crippen molar-refractivity contribution in [2.45, 2.75) is 39.7 Å². The number of carbonyl (C=O) groups is 1. The monoisotopic (exact) mass is 380 g/mol. The topological polar surface area (TPSA) is 87.8 Å². The number of anilines is 1. The SMILES string of the molecule is CCCCCn1cnc2sc(C(=O)Nc3ccccc3C#N)c(C)c2c1=O. The number of nitriles is 1. The zero-order valence-electron chi connectivity index (χ0n) is 15.3. The van der Waals surface area contributed by atoms with Gasteiger partial charge >= 0.3 is 0 Å². The molecule has 0 aliphatic heterocycles. The van der Waals surface area contributed by atoms with Crippen molar-refractivity contribution in [2.75, 3.05) is 5.32 Å². The number of fused-ring (bicyclic) bond motifs is 1. The fraction of sp³-hybridized carbons (Fsp3) is 0.300. The second-order valence-corrected chi connectivity index (χ2v) is 7.30. The molecule has 0 radical (unpaired) electrons. The quantitative estimate of drug-likeness (QED) is 0.653. The zero-order chi connectivity index (χ0) is 19.4. The van der Waals surface area contributed by atoms with Crippen LogP contribution in [0.5, 0.6) is 0 Å². The average Bonchev–Trinajstić information content (AvgIpc) is 3.01. The maximum atomic E-state index is 12.8. The average molecular weight is 380 g/mol. The molecule has 138 valence electrons. The minimum Gasteiger partial charge on any atom is -0.320 e. The number of aryl methyl sites for hydroxylation is 2. The van der Waals surface area contributed by atoms with E-state index in [9.17, 15) is 14.9 Å². The van der Waals surface area contributed by atoms with Gasteiger partial charge in [0.2, 0.25) is 0 Å². The van der Waals surface area contributed by atoms with Crippen LogP contribution in [0.3, 0.4) is 0 Å². The third kappa shape index (κ3) is 3.76. The molecular weight excluding hydrogens is 360 g/mol. The standard InChI is InChI=1S/C20H20N4O2S/c1-3-4-7-10-24-12-22-19-16(20(24)26)13(2)17(27-19)18(25)23-15-9-6-5-8-14(15)11-21/h5-6,8-9,12H,3-4,7,10H2,1-2H3,(H,23,25). The third-order valence-corrected chi connectivity index (χ3v) is 5.62. The number of benzene rings is 1. The normalized spacial score (nSPS) is 10.7. The highest BCUT2D eigenvalue weighted by molar-refractivity contribution is 7.20. The highest BCUT2D eigenvalue weighted by Crippen LogP contribution is 2.28. The lowest BCUT2D eigenvalue weighted by molar-refractivity contribution is 0.103. The van der Waals surface area contributed by atoms with E-state index in [4.69, 9.17) is 0 Å². The Morgan fingerprint density at radius 1 is 1.33 bits per heavy atom. The Labute approximate surface area is 161 Å². The Morgan fingerprint density at radius 3 is 2.85 bits per heavy atom. The van der Waals surface area contributed by atoms with Gasteiger partial charge < -0.3 is 5.32 Å². The third-order valence-electron chi connectivity index (χ3n) is 4.42. The molecule has 1 N–H and O–H groups in total. The molecule has 0 bridgehead atoms. The fourth-order valence-corrected chi connectivity index (χ4v) is 3.97. The summed E-state index contributed by atoms with van der Waals surface area (Å²) in [5.41, 5.74) is 1.36. The number of rotatable bonds is 6. The first-order valence-corrected chi connectivity index (χ1v) is 9.67. The van der Waals surface area contributed by atoms with Crippen molar-refractivity contribution in [3.05, 3.63) is 57.0 Å². The zero-order valence-corrected chi connectivity index (χ0v) is 16.1. The minimum absolute atomic E-state index is 0.110. The molecule has 3 rings (SSSR count). The maximum absolute atomic E-state index is 12.8. The molecule has 0 fully saturated rings. The first-order chi connectivity index (χ1) is 13.1. The lowest BCUT2D eigenvalue weighted by Gasteiger charge is -2.06. The molecule has 1 aromatic carbocycles. The first kappa shape index (κ1) is 18.8. The van der Waals surface area contributed by atoms with Crippen LogP contribution in [0.1, 0.15) is 47.0 Å². The molecule has 0 saturated carbocycles. The summed E-state index contributed by atoms with van der Waals surface area (Å²) in [6, 6.07) is 8.87. The van der Waals surface area contributed by atoms with Crippen molar-refractivity contribution in [1.29, 1.82) is 5.26 Å². The summed E-state index contributed by atoms with van der Waals surface area (Å²) in [5, 5.41) is 12.4. The Morgan fingerprint density at radius 2 is 2.11 bits per heavy atom. The Bertz CT molecular complexity index is 1090. The summed E-state index contributed by atoms with van der Waals surface area (Å²) in [4.78, 5) is 30.9. The number of nitrogens with zero attached hydrogens (tertiary/aromatic N) is 3. The number of thiophene rings is 1. The van der Waals surface area contributed by atoms with Gasteiger partial charge in [-0.1, -0.05) is 31.9 Å². The molecule has 27 heavy (non-hydrogen) atoms. The van der Waals surface area contributed by atoms with Gasteiger partial charge in [0.15, 0.2) is 0 Å². The molecule has 0 aliphatic rings. The molecule has 1 amide bonds. The van der Waals surface area contributed by atoms with E-state index in [2.05, 4.69) is 23.3 Å². The molecule has 0 atom stereocenters. The molecule has 0 aliphatic carbocycles. The predicted octanol–water partition coefficient (Wildman–Crippen LogP) is 4.08. The van der Waals surface area contributed by atoms with Crippen molar-refractivity contribution in [3.8, 4) is 6.07 Å². The van der Waals surface area contributed by atoms with Crippen LogP contribution >= 0.6 is 11.3 Å². The number of unbranched alkanes of at least 4 members (excludes halogenated alkanes) is 2. The van der Waals surface area contributed by atoms with Crippen molar-refractivity contribution in [1.82, 2.24) is 9.55 Å². The second kappa shape index (κ2) is 8.14. The van der Waals surface area contributed by atoms with E-state index in [0.717, 1.165) is 19.3 Å². The number of para-hydroxylation sites is 1. The van der Waals surface area contributed by atoms with Crippen LogP contribution in [0.2, 0.25) is 0 Å². The Balaban J connectivity index is 1.95. The van der Waals surface area contributed by atoms with E-state index in [1.54, 1.807) is 42.1 Å². The largest absolute Gasteiger partial charge is 0.320 e. The van der Waals surface area contributed by atoms with Crippen LogP contribution < -0.4 is 10.9 Å².